The van der Waals surface area contributed by atoms with Gasteiger partial charge < -0.3 is 15.2 Å². The monoisotopic (exact) mass is 306 g/mol. The maximum absolute atomic E-state index is 11.9. The van der Waals surface area contributed by atoms with Gasteiger partial charge in [-0.05, 0) is 31.0 Å². The van der Waals surface area contributed by atoms with Crippen LogP contribution in [0.15, 0.2) is 18.2 Å². The summed E-state index contributed by atoms with van der Waals surface area (Å²) in [6, 6.07) is 5.41. The van der Waals surface area contributed by atoms with Crippen LogP contribution in [0.2, 0.25) is 0 Å². The molecule has 0 fully saturated rings. The molecule has 0 unspecified atom stereocenters. The molecule has 0 saturated heterocycles. The Morgan fingerprint density at radius 2 is 2.18 bits per heavy atom. The van der Waals surface area contributed by atoms with Crippen molar-refractivity contribution < 1.29 is 24.2 Å². The summed E-state index contributed by atoms with van der Waals surface area (Å²) >= 11 is 0. The molecule has 0 aromatic heterocycles. The number of carboxylic acids is 1. The molecular weight excluding hydrogens is 288 g/mol. The molecule has 118 valence electrons. The number of anilines is 1. The molecule has 0 saturated carbocycles. The highest BCUT2D eigenvalue weighted by Gasteiger charge is 2.27. The number of rotatable bonds is 6. The van der Waals surface area contributed by atoms with E-state index in [9.17, 15) is 14.4 Å². The van der Waals surface area contributed by atoms with Crippen molar-refractivity contribution in [2.24, 2.45) is 0 Å². The summed E-state index contributed by atoms with van der Waals surface area (Å²) in [6.07, 6.45) is 0.354. The van der Waals surface area contributed by atoms with Crippen LogP contribution in [-0.4, -0.2) is 42.6 Å². The number of ether oxygens (including phenoxy) is 1. The molecule has 0 spiro atoms. The predicted molar refractivity (Wildman–Crippen MR) is 78.9 cm³/mol. The smallest absolute Gasteiger partial charge is 0.303 e. The van der Waals surface area contributed by atoms with E-state index in [4.69, 9.17) is 9.84 Å². The predicted octanol–water partition coefficient (Wildman–Crippen LogP) is 0.701. The number of carboxylic acid groups (broad SMARTS) is 1. The van der Waals surface area contributed by atoms with Crippen molar-refractivity contribution in [1.29, 1.82) is 0 Å². The third-order valence-electron chi connectivity index (χ3n) is 3.25. The van der Waals surface area contributed by atoms with Crippen molar-refractivity contribution in [2.75, 3.05) is 24.6 Å². The maximum atomic E-state index is 11.9. The molecule has 1 aromatic carbocycles. The molecule has 22 heavy (non-hydrogen) atoms. The largest absolute Gasteiger partial charge is 0.482 e. The van der Waals surface area contributed by atoms with E-state index in [-0.39, 0.29) is 37.9 Å². The van der Waals surface area contributed by atoms with E-state index in [1.54, 1.807) is 6.07 Å². The van der Waals surface area contributed by atoms with E-state index in [0.29, 0.717) is 17.9 Å². The van der Waals surface area contributed by atoms with Crippen LogP contribution in [0.3, 0.4) is 0 Å². The second kappa shape index (κ2) is 6.93. The molecule has 7 nitrogen and oxygen atoms in total. The first-order valence-electron chi connectivity index (χ1n) is 6.99. The summed E-state index contributed by atoms with van der Waals surface area (Å²) in [5.41, 5.74) is 1.58. The summed E-state index contributed by atoms with van der Waals surface area (Å²) in [7, 11) is 0. The molecule has 7 heteroatoms. The fourth-order valence-corrected chi connectivity index (χ4v) is 2.15. The maximum Gasteiger partial charge on any atom is 0.303 e. The summed E-state index contributed by atoms with van der Waals surface area (Å²) in [5, 5.41) is 11.1. The zero-order chi connectivity index (χ0) is 16.1. The van der Waals surface area contributed by atoms with Gasteiger partial charge in [-0.15, -0.1) is 0 Å². The van der Waals surface area contributed by atoms with Gasteiger partial charge in [0.25, 0.3) is 5.91 Å². The highest BCUT2D eigenvalue weighted by molar-refractivity contribution is 6.02. The first-order chi connectivity index (χ1) is 10.5. The van der Waals surface area contributed by atoms with Gasteiger partial charge >= 0.3 is 5.97 Å². The number of amides is 2. The van der Waals surface area contributed by atoms with E-state index < -0.39 is 5.97 Å². The van der Waals surface area contributed by atoms with Crippen LogP contribution in [0, 0.1) is 6.92 Å². The van der Waals surface area contributed by atoms with Crippen LogP contribution >= 0.6 is 0 Å². The number of carbonyl (C=O) groups excluding carboxylic acids is 2. The summed E-state index contributed by atoms with van der Waals surface area (Å²) < 4.78 is 5.37. The number of aliphatic carboxylic acids is 1. The lowest BCUT2D eigenvalue weighted by atomic mass is 10.1. The van der Waals surface area contributed by atoms with Gasteiger partial charge in [-0.1, -0.05) is 6.07 Å². The Morgan fingerprint density at radius 1 is 1.41 bits per heavy atom. The number of fused-ring (bicyclic) bond motifs is 1. The van der Waals surface area contributed by atoms with E-state index >= 15 is 0 Å². The van der Waals surface area contributed by atoms with Gasteiger partial charge in [-0.3, -0.25) is 19.3 Å². The van der Waals surface area contributed by atoms with Gasteiger partial charge in [-0.2, -0.15) is 0 Å². The second-order valence-corrected chi connectivity index (χ2v) is 5.09. The summed E-state index contributed by atoms with van der Waals surface area (Å²) in [5.74, 6) is -0.926. The molecule has 2 amide bonds. The van der Waals surface area contributed by atoms with E-state index in [1.165, 1.54) is 4.90 Å². The highest BCUT2D eigenvalue weighted by atomic mass is 16.5. The molecule has 1 aliphatic heterocycles. The van der Waals surface area contributed by atoms with Gasteiger partial charge in [0, 0.05) is 13.0 Å². The Labute approximate surface area is 127 Å². The lowest BCUT2D eigenvalue weighted by Gasteiger charge is -2.29. The Kier molecular flexibility index (Phi) is 4.98. The number of benzene rings is 1. The van der Waals surface area contributed by atoms with Crippen molar-refractivity contribution in [3.63, 3.8) is 0 Å². The minimum atomic E-state index is -0.901. The van der Waals surface area contributed by atoms with Crippen molar-refractivity contribution in [1.82, 2.24) is 5.32 Å². The SMILES string of the molecule is Cc1ccc2c(c1)OCC(=O)N2CC(=O)NCCCC(=O)O. The Bertz CT molecular complexity index is 600. The van der Waals surface area contributed by atoms with Crippen molar-refractivity contribution >= 4 is 23.5 Å². The van der Waals surface area contributed by atoms with Gasteiger partial charge in [-0.25, -0.2) is 0 Å². The average molecular weight is 306 g/mol. The molecule has 1 aliphatic rings. The molecule has 0 aliphatic carbocycles. The number of nitrogens with one attached hydrogen (secondary N) is 1. The number of aryl methyl sites for hydroxylation is 1. The van der Waals surface area contributed by atoms with Crippen molar-refractivity contribution in [2.45, 2.75) is 19.8 Å². The molecule has 2 rings (SSSR count). The van der Waals surface area contributed by atoms with Gasteiger partial charge in [0.05, 0.1) is 5.69 Å². The van der Waals surface area contributed by atoms with Crippen LogP contribution < -0.4 is 15.0 Å². The zero-order valence-corrected chi connectivity index (χ0v) is 12.3. The Hall–Kier alpha value is -2.57. The molecule has 0 radical (unpaired) electrons. The number of hydrogen-bond acceptors (Lipinski definition) is 4. The van der Waals surface area contributed by atoms with E-state index in [1.807, 2.05) is 19.1 Å². The van der Waals surface area contributed by atoms with E-state index in [0.717, 1.165) is 5.56 Å². The molecule has 0 bridgehead atoms. The van der Waals surface area contributed by atoms with Gasteiger partial charge in [0.15, 0.2) is 6.61 Å². The lowest BCUT2D eigenvalue weighted by molar-refractivity contribution is -0.137. The Balaban J connectivity index is 1.96. The fourth-order valence-electron chi connectivity index (χ4n) is 2.15. The minimum absolute atomic E-state index is 0.00112. The van der Waals surface area contributed by atoms with Crippen LogP contribution in [0.1, 0.15) is 18.4 Å². The Morgan fingerprint density at radius 3 is 2.91 bits per heavy atom. The lowest BCUT2D eigenvalue weighted by Crippen LogP contribution is -2.45. The van der Waals surface area contributed by atoms with E-state index in [2.05, 4.69) is 5.32 Å². The van der Waals surface area contributed by atoms with Gasteiger partial charge in [0.2, 0.25) is 5.91 Å². The average Bonchev–Trinajstić information content (AvgIpc) is 2.46. The summed E-state index contributed by atoms with van der Waals surface area (Å²) in [6.45, 7) is 1.98. The van der Waals surface area contributed by atoms with Gasteiger partial charge in [0.1, 0.15) is 12.3 Å². The first-order valence-corrected chi connectivity index (χ1v) is 6.99. The quantitative estimate of drug-likeness (QED) is 0.754. The number of hydrogen-bond donors (Lipinski definition) is 2. The topological polar surface area (TPSA) is 95.9 Å². The van der Waals surface area contributed by atoms with Crippen molar-refractivity contribution in [3.05, 3.63) is 23.8 Å². The third-order valence-corrected chi connectivity index (χ3v) is 3.25. The minimum Gasteiger partial charge on any atom is -0.482 e. The normalized spacial score (nSPS) is 13.3. The van der Waals surface area contributed by atoms with Crippen LogP contribution in [0.25, 0.3) is 0 Å². The zero-order valence-electron chi connectivity index (χ0n) is 12.3. The van der Waals surface area contributed by atoms with Crippen molar-refractivity contribution in [3.8, 4) is 5.75 Å². The standard InChI is InChI=1S/C15H18N2O5/c1-10-4-5-11-12(7-10)22-9-14(19)17(11)8-13(18)16-6-2-3-15(20)21/h4-5,7H,2-3,6,8-9H2,1H3,(H,16,18)(H,20,21). The summed E-state index contributed by atoms with van der Waals surface area (Å²) in [4.78, 5) is 35.6. The molecule has 1 aromatic rings. The third kappa shape index (κ3) is 3.97. The fraction of sp³-hybridized carbons (Fsp3) is 0.400. The second-order valence-electron chi connectivity index (χ2n) is 5.09. The molecular formula is C15H18N2O5. The highest BCUT2D eigenvalue weighted by Crippen LogP contribution is 2.32. The number of nitrogens with zero attached hydrogens (tertiary/aromatic N) is 1. The molecule has 2 N–H and O–H groups in total. The number of carbonyl (C=O) groups is 3. The molecule has 0 atom stereocenters. The molecule has 1 heterocycles. The van der Waals surface area contributed by atoms with Crippen LogP contribution in [0.5, 0.6) is 5.75 Å². The van der Waals surface area contributed by atoms with Crippen LogP contribution in [-0.2, 0) is 14.4 Å². The first kappa shape index (κ1) is 15.8. The van der Waals surface area contributed by atoms with Crippen LogP contribution in [0.4, 0.5) is 5.69 Å².